The van der Waals surface area contributed by atoms with E-state index < -0.39 is 59.3 Å². The van der Waals surface area contributed by atoms with Crippen molar-refractivity contribution in [3.8, 4) is 0 Å². The minimum Gasteiger partial charge on any atom is -0.463 e. The molecule has 22 nitrogen and oxygen atoms in total. The van der Waals surface area contributed by atoms with Gasteiger partial charge in [0.25, 0.3) is 0 Å². The van der Waals surface area contributed by atoms with E-state index in [1.807, 2.05) is 27.7 Å². The van der Waals surface area contributed by atoms with Crippen molar-refractivity contribution in [2.75, 3.05) is 79.1 Å². The molecule has 4 N–H and O–H groups in total. The second-order valence-electron chi connectivity index (χ2n) is 21.8. The smallest absolute Gasteiger partial charge is 0.302 e. The first-order valence-corrected chi connectivity index (χ1v) is 28.6. The van der Waals surface area contributed by atoms with Gasteiger partial charge in [0.15, 0.2) is 6.29 Å². The van der Waals surface area contributed by atoms with Crippen molar-refractivity contribution in [2.45, 2.75) is 208 Å². The van der Waals surface area contributed by atoms with Gasteiger partial charge in [-0.3, -0.25) is 47.9 Å². The maximum absolute atomic E-state index is 13.6. The fraction of sp³-hybridized carbons (Fsp3) is 0.825. The minimum absolute atomic E-state index is 0.00887. The van der Waals surface area contributed by atoms with Crippen LogP contribution in [0.25, 0.3) is 0 Å². The number of carbonyl (C=O) groups is 10. The van der Waals surface area contributed by atoms with Crippen molar-refractivity contribution in [3.63, 3.8) is 0 Å². The molecule has 2 fully saturated rings. The molecule has 1 unspecified atom stereocenters. The number of amides is 4. The number of hydrogen-bond acceptors (Lipinski definition) is 18. The lowest BCUT2D eigenvalue weighted by Gasteiger charge is -2.44. The third kappa shape index (κ3) is 26.6. The van der Waals surface area contributed by atoms with Gasteiger partial charge in [-0.25, -0.2) is 0 Å². The number of ether oxygens (including phenoxy) is 7. The highest BCUT2D eigenvalue weighted by Gasteiger charge is 2.52. The number of esters is 2. The Balaban J connectivity index is 1.81. The van der Waals surface area contributed by atoms with Crippen molar-refractivity contribution in [2.24, 2.45) is 16.7 Å². The summed E-state index contributed by atoms with van der Waals surface area (Å²) >= 11 is 0. The number of aliphatic hydroxyl groups is 1. The highest BCUT2D eigenvalue weighted by Crippen LogP contribution is 2.48. The van der Waals surface area contributed by atoms with Crippen LogP contribution in [0.3, 0.4) is 0 Å². The largest absolute Gasteiger partial charge is 0.463 e. The Hall–Kier alpha value is -4.74. The standard InChI is InChI=1S/C57H96N4O18/c1-10-14-44(66)21-25-57(26-22-45(67)15-11-2,60-50(71)20-18-47(69)17-19-49(70)58-28-24-51(72)61-37-55(8,12-3)56(9,38-61)39-62)27-23-46(68)16-13-29-73-30-31-74-32-33-75-34-35-76-54-52(59-41(5)63)53(78-43(7)65)40(4)48(79-54)36-77-42(6)64/h40,48,52-54,62H,10-39H2,1-9H3,(H,58,70)(H,59,63)(H,60,71)/t40-,48+,52+,53-,54?,55+,56+/m0/s1. The number of likely N-dealkylation sites (tertiary alicyclic amines) is 1. The Morgan fingerprint density at radius 2 is 1.15 bits per heavy atom. The molecule has 2 heterocycles. The normalized spacial score (nSPS) is 21.9. The van der Waals surface area contributed by atoms with Gasteiger partial charge in [-0.1, -0.05) is 41.5 Å². The van der Waals surface area contributed by atoms with Gasteiger partial charge in [0.2, 0.25) is 23.6 Å². The van der Waals surface area contributed by atoms with E-state index in [0.717, 1.165) is 6.42 Å². The number of rotatable bonds is 43. The Labute approximate surface area is 468 Å². The monoisotopic (exact) mass is 1120 g/mol. The second-order valence-corrected chi connectivity index (χ2v) is 21.8. The highest BCUT2D eigenvalue weighted by atomic mass is 16.7. The molecule has 0 aromatic carbocycles. The fourth-order valence-electron chi connectivity index (χ4n) is 9.91. The Morgan fingerprint density at radius 3 is 1.66 bits per heavy atom. The number of aliphatic hydroxyl groups excluding tert-OH is 1. The Bertz CT molecular complexity index is 1930. The zero-order valence-corrected chi connectivity index (χ0v) is 48.9. The molecular formula is C57H96N4O18. The van der Waals surface area contributed by atoms with Crippen LogP contribution in [0.1, 0.15) is 178 Å². The van der Waals surface area contributed by atoms with Crippen molar-refractivity contribution in [1.29, 1.82) is 0 Å². The molecule has 0 aromatic rings. The quantitative estimate of drug-likeness (QED) is 0.0479. The average molecular weight is 1130 g/mol. The molecule has 0 saturated carbocycles. The van der Waals surface area contributed by atoms with Crippen molar-refractivity contribution in [1.82, 2.24) is 20.9 Å². The van der Waals surface area contributed by atoms with Gasteiger partial charge in [-0.2, -0.15) is 0 Å². The van der Waals surface area contributed by atoms with Crippen LogP contribution in [0.4, 0.5) is 0 Å². The predicted molar refractivity (Wildman–Crippen MR) is 290 cm³/mol. The molecule has 2 aliphatic rings. The van der Waals surface area contributed by atoms with Gasteiger partial charge in [0.05, 0.1) is 46.2 Å². The zero-order valence-electron chi connectivity index (χ0n) is 48.9. The minimum atomic E-state index is -1.04. The summed E-state index contributed by atoms with van der Waals surface area (Å²) in [5.74, 6) is -3.19. The number of ketones is 4. The summed E-state index contributed by atoms with van der Waals surface area (Å²) in [6, 6.07) is -0.830. The fourth-order valence-corrected chi connectivity index (χ4v) is 9.91. The molecule has 0 bridgehead atoms. The van der Waals surface area contributed by atoms with E-state index in [0.29, 0.717) is 51.8 Å². The van der Waals surface area contributed by atoms with Crippen LogP contribution in [0, 0.1) is 16.7 Å². The average Bonchev–Trinajstić information content (AvgIpc) is 3.80. The van der Waals surface area contributed by atoms with E-state index in [1.165, 1.54) is 20.8 Å². The number of nitrogens with one attached hydrogen (secondary N) is 3. The van der Waals surface area contributed by atoms with Gasteiger partial charge >= 0.3 is 11.9 Å². The van der Waals surface area contributed by atoms with Crippen LogP contribution in [0.2, 0.25) is 0 Å². The van der Waals surface area contributed by atoms with E-state index in [4.69, 9.17) is 33.2 Å². The third-order valence-corrected chi connectivity index (χ3v) is 15.2. The second kappa shape index (κ2) is 37.3. The van der Waals surface area contributed by atoms with Crippen LogP contribution in [0.15, 0.2) is 0 Å². The summed E-state index contributed by atoms with van der Waals surface area (Å²) in [7, 11) is 0. The van der Waals surface area contributed by atoms with Gasteiger partial charge in [0, 0.05) is 135 Å². The Kier molecular flexibility index (Phi) is 33.2. The van der Waals surface area contributed by atoms with Crippen molar-refractivity contribution < 1.29 is 86.2 Å². The highest BCUT2D eigenvalue weighted by molar-refractivity contribution is 5.88. The van der Waals surface area contributed by atoms with E-state index >= 15 is 0 Å². The lowest BCUT2D eigenvalue weighted by atomic mass is 9.67. The number of Topliss-reactive ketones (excluding diaryl/α,β-unsaturated/α-hetero) is 4. The molecule has 2 rings (SSSR count). The molecule has 452 valence electrons. The molecule has 2 saturated heterocycles. The molecule has 0 radical (unpaired) electrons. The first-order chi connectivity index (χ1) is 37.5. The molecule has 0 spiro atoms. The van der Waals surface area contributed by atoms with E-state index in [-0.39, 0.29) is 183 Å². The SMILES string of the molecule is CCCC(=O)CCC(CCC(=O)CCC)(CCC(=O)CCCOCCOCCOCCOC1O[C@H](COC(C)=O)[C@H](C)[C@H](OC(C)=O)[C@H]1NC(C)=O)NC(=O)CCC(=O)CCC(=O)NCCC(=O)N1C[C@](C)(CO)[C@](C)(CC)C1. The molecule has 0 aliphatic carbocycles. The number of nitrogens with zero attached hydrogens (tertiary/aromatic N) is 1. The molecule has 22 heteroatoms. The third-order valence-electron chi connectivity index (χ3n) is 15.2. The lowest BCUT2D eigenvalue weighted by molar-refractivity contribution is -0.262. The van der Waals surface area contributed by atoms with Crippen molar-refractivity contribution >= 4 is 58.7 Å². The molecule has 0 aromatic heterocycles. The summed E-state index contributed by atoms with van der Waals surface area (Å²) in [5.41, 5.74) is -1.68. The first kappa shape index (κ1) is 70.4. The molecule has 2 aliphatic heterocycles. The molecular weight excluding hydrogens is 1030 g/mol. The van der Waals surface area contributed by atoms with E-state index in [9.17, 15) is 53.1 Å². The van der Waals surface area contributed by atoms with Crippen LogP contribution in [-0.2, 0) is 81.1 Å². The predicted octanol–water partition coefficient (Wildman–Crippen LogP) is 4.59. The lowest BCUT2D eigenvalue weighted by Crippen LogP contribution is -2.63. The molecule has 79 heavy (non-hydrogen) atoms. The van der Waals surface area contributed by atoms with Crippen molar-refractivity contribution in [3.05, 3.63) is 0 Å². The number of carbonyl (C=O) groups excluding carboxylic acids is 10. The number of hydrogen-bond donors (Lipinski definition) is 4. The van der Waals surface area contributed by atoms with Gasteiger partial charge in [-0.05, 0) is 50.4 Å². The van der Waals surface area contributed by atoms with Crippen LogP contribution >= 0.6 is 0 Å². The van der Waals surface area contributed by atoms with Crippen LogP contribution in [0.5, 0.6) is 0 Å². The maximum Gasteiger partial charge on any atom is 0.302 e. The molecule has 7 atom stereocenters. The molecule has 4 amide bonds. The summed E-state index contributed by atoms with van der Waals surface area (Å²) in [5, 5.41) is 18.6. The van der Waals surface area contributed by atoms with Crippen LogP contribution in [-0.4, -0.2) is 178 Å². The first-order valence-electron chi connectivity index (χ1n) is 28.6. The summed E-state index contributed by atoms with van der Waals surface area (Å²) < 4.78 is 39.6. The maximum atomic E-state index is 13.6. The summed E-state index contributed by atoms with van der Waals surface area (Å²) in [6.07, 6.45) is 1.57. The van der Waals surface area contributed by atoms with E-state index in [2.05, 4.69) is 22.9 Å². The van der Waals surface area contributed by atoms with E-state index in [1.54, 1.807) is 11.8 Å². The Morgan fingerprint density at radius 1 is 0.633 bits per heavy atom. The topological polar surface area (TPSA) is 295 Å². The van der Waals surface area contributed by atoms with Gasteiger partial charge in [-0.15, -0.1) is 0 Å². The summed E-state index contributed by atoms with van der Waals surface area (Å²) in [4.78, 5) is 128. The van der Waals surface area contributed by atoms with Gasteiger partial charge < -0.3 is 59.1 Å². The zero-order chi connectivity index (χ0) is 59.0. The summed E-state index contributed by atoms with van der Waals surface area (Å²) in [6.45, 7) is 18.0. The van der Waals surface area contributed by atoms with Crippen LogP contribution < -0.4 is 16.0 Å². The van der Waals surface area contributed by atoms with Gasteiger partial charge in [0.1, 0.15) is 48.0 Å².